The van der Waals surface area contributed by atoms with Crippen LogP contribution in [0.5, 0.6) is 5.75 Å². The van der Waals surface area contributed by atoms with E-state index in [4.69, 9.17) is 17.0 Å². The topological polar surface area (TPSA) is 79.5 Å². The van der Waals surface area contributed by atoms with Gasteiger partial charge < -0.3 is 4.74 Å². The number of carbonyl (C=O) groups excluding carboxylic acids is 2. The predicted molar refractivity (Wildman–Crippen MR) is 107 cm³/mol. The van der Waals surface area contributed by atoms with Crippen LogP contribution in [0, 0.1) is 3.57 Å². The molecule has 0 spiro atoms. The fraction of sp³-hybridized carbons (Fsp3) is 0.118. The summed E-state index contributed by atoms with van der Waals surface area (Å²) >= 11 is 7.11. The highest BCUT2D eigenvalue weighted by Gasteiger charge is 2.14. The third kappa shape index (κ3) is 5.40. The van der Waals surface area contributed by atoms with Crippen molar-refractivity contribution in [2.24, 2.45) is 0 Å². The molecule has 0 unspecified atom stereocenters. The minimum atomic E-state index is -0.426. The summed E-state index contributed by atoms with van der Waals surface area (Å²) < 4.78 is 6.22. The monoisotopic (exact) mass is 469 g/mol. The number of hydrazine groups is 1. The first-order valence-corrected chi connectivity index (χ1v) is 8.89. The van der Waals surface area contributed by atoms with Crippen molar-refractivity contribution in [1.29, 1.82) is 0 Å². The number of halogens is 1. The van der Waals surface area contributed by atoms with Crippen LogP contribution < -0.4 is 20.9 Å². The molecule has 0 aromatic heterocycles. The number of thiocarbonyl (C=S) groups is 1. The minimum absolute atomic E-state index is 0.0180. The van der Waals surface area contributed by atoms with Gasteiger partial charge in [0.05, 0.1) is 17.7 Å². The van der Waals surface area contributed by atoms with Crippen molar-refractivity contribution in [1.82, 2.24) is 16.2 Å². The second-order valence-electron chi connectivity index (χ2n) is 4.77. The summed E-state index contributed by atoms with van der Waals surface area (Å²) in [5.74, 6) is -0.311. The second kappa shape index (κ2) is 9.33. The number of benzene rings is 2. The molecule has 0 aliphatic carbocycles. The molecule has 0 aliphatic rings. The number of para-hydroxylation sites is 1. The SMILES string of the molecule is CCOc1ccccc1C(=O)NC(=S)NNC(=O)c1ccccc1I. The number of carbonyl (C=O) groups is 2. The number of ether oxygens (including phenoxy) is 1. The van der Waals surface area contributed by atoms with Crippen LogP contribution in [0.15, 0.2) is 48.5 Å². The van der Waals surface area contributed by atoms with E-state index in [-0.39, 0.29) is 11.0 Å². The molecule has 6 nitrogen and oxygen atoms in total. The molecule has 3 N–H and O–H groups in total. The Morgan fingerprint density at radius 1 is 1.00 bits per heavy atom. The maximum Gasteiger partial charge on any atom is 0.270 e. The molecule has 2 aromatic carbocycles. The van der Waals surface area contributed by atoms with Crippen molar-refractivity contribution in [2.45, 2.75) is 6.92 Å². The largest absolute Gasteiger partial charge is 0.493 e. The lowest BCUT2D eigenvalue weighted by atomic mass is 10.2. The number of hydrogen-bond acceptors (Lipinski definition) is 4. The van der Waals surface area contributed by atoms with Crippen LogP contribution in [-0.4, -0.2) is 23.5 Å². The maximum atomic E-state index is 12.3. The second-order valence-corrected chi connectivity index (χ2v) is 6.34. The molecular weight excluding hydrogens is 453 g/mol. The highest BCUT2D eigenvalue weighted by molar-refractivity contribution is 14.1. The summed E-state index contributed by atoms with van der Waals surface area (Å²) in [6.45, 7) is 2.28. The Hall–Kier alpha value is -2.20. The van der Waals surface area contributed by atoms with Gasteiger partial charge in [0.25, 0.3) is 11.8 Å². The smallest absolute Gasteiger partial charge is 0.270 e. The summed E-state index contributed by atoms with van der Waals surface area (Å²) in [7, 11) is 0. The van der Waals surface area contributed by atoms with E-state index < -0.39 is 5.91 Å². The van der Waals surface area contributed by atoms with Gasteiger partial charge in [-0.2, -0.15) is 0 Å². The van der Waals surface area contributed by atoms with E-state index in [0.717, 1.165) is 3.57 Å². The van der Waals surface area contributed by atoms with Gasteiger partial charge in [-0.25, -0.2) is 0 Å². The summed E-state index contributed by atoms with van der Waals surface area (Å²) in [4.78, 5) is 24.4. The van der Waals surface area contributed by atoms with Crippen molar-refractivity contribution in [2.75, 3.05) is 6.61 Å². The van der Waals surface area contributed by atoms with Gasteiger partial charge in [0.2, 0.25) is 0 Å². The van der Waals surface area contributed by atoms with Gasteiger partial charge in [-0.05, 0) is 66.0 Å². The van der Waals surface area contributed by atoms with Crippen LogP contribution in [-0.2, 0) is 0 Å². The molecule has 0 fully saturated rings. The Labute approximate surface area is 164 Å². The summed E-state index contributed by atoms with van der Waals surface area (Å²) in [5.41, 5.74) is 5.84. The molecule has 0 aliphatic heterocycles. The van der Waals surface area contributed by atoms with E-state index in [2.05, 4.69) is 38.8 Å². The van der Waals surface area contributed by atoms with Crippen molar-refractivity contribution < 1.29 is 14.3 Å². The van der Waals surface area contributed by atoms with E-state index in [1.165, 1.54) is 0 Å². The van der Waals surface area contributed by atoms with Gasteiger partial charge in [0, 0.05) is 3.57 Å². The van der Waals surface area contributed by atoms with Gasteiger partial charge >= 0.3 is 0 Å². The van der Waals surface area contributed by atoms with Crippen molar-refractivity contribution >= 4 is 51.7 Å². The van der Waals surface area contributed by atoms with Crippen molar-refractivity contribution in [3.63, 3.8) is 0 Å². The average molecular weight is 469 g/mol. The van der Waals surface area contributed by atoms with E-state index >= 15 is 0 Å². The molecule has 25 heavy (non-hydrogen) atoms. The Balaban J connectivity index is 1.93. The molecule has 0 bridgehead atoms. The van der Waals surface area contributed by atoms with Crippen molar-refractivity contribution in [3.05, 3.63) is 63.2 Å². The molecule has 0 heterocycles. The standard InChI is InChI=1S/C17H16IN3O3S/c1-2-24-14-10-6-4-8-12(14)15(22)19-17(25)21-20-16(23)11-7-3-5-9-13(11)18/h3-10H,2H2,1H3,(H,20,23)(H2,19,21,22,25). The van der Waals surface area contributed by atoms with Crippen LogP contribution in [0.3, 0.4) is 0 Å². The molecule has 0 atom stereocenters. The molecule has 2 aromatic rings. The third-order valence-electron chi connectivity index (χ3n) is 3.07. The third-order valence-corrected chi connectivity index (χ3v) is 4.21. The lowest BCUT2D eigenvalue weighted by Gasteiger charge is -2.13. The van der Waals surface area contributed by atoms with Crippen LogP contribution in [0.2, 0.25) is 0 Å². The van der Waals surface area contributed by atoms with Crippen LogP contribution >= 0.6 is 34.8 Å². The number of hydrogen-bond donors (Lipinski definition) is 3. The summed E-state index contributed by atoms with van der Waals surface area (Å²) in [5, 5.41) is 2.48. The molecule has 0 saturated heterocycles. The first-order valence-electron chi connectivity index (χ1n) is 7.41. The lowest BCUT2D eigenvalue weighted by Crippen LogP contribution is -2.48. The zero-order chi connectivity index (χ0) is 18.2. The normalized spacial score (nSPS) is 9.84. The zero-order valence-electron chi connectivity index (χ0n) is 13.3. The van der Waals surface area contributed by atoms with E-state index in [0.29, 0.717) is 23.5 Å². The summed E-state index contributed by atoms with van der Waals surface area (Å²) in [6.07, 6.45) is 0. The number of rotatable bonds is 4. The molecule has 0 saturated carbocycles. The highest BCUT2D eigenvalue weighted by atomic mass is 127. The number of amides is 2. The maximum absolute atomic E-state index is 12.3. The fourth-order valence-corrected chi connectivity index (χ4v) is 2.74. The van der Waals surface area contributed by atoms with Gasteiger partial charge in [0.15, 0.2) is 5.11 Å². The molecule has 2 amide bonds. The average Bonchev–Trinajstić information content (AvgIpc) is 2.61. The molecule has 2 rings (SSSR count). The Morgan fingerprint density at radius 3 is 2.32 bits per heavy atom. The fourth-order valence-electron chi connectivity index (χ4n) is 1.96. The first kappa shape index (κ1) is 19.1. The quantitative estimate of drug-likeness (QED) is 0.365. The van der Waals surface area contributed by atoms with Gasteiger partial charge in [-0.1, -0.05) is 24.3 Å². The van der Waals surface area contributed by atoms with Crippen LogP contribution in [0.4, 0.5) is 0 Å². The van der Waals surface area contributed by atoms with Gasteiger partial charge in [-0.15, -0.1) is 0 Å². The van der Waals surface area contributed by atoms with Crippen molar-refractivity contribution in [3.8, 4) is 5.75 Å². The van der Waals surface area contributed by atoms with Gasteiger partial charge in [0.1, 0.15) is 5.75 Å². The van der Waals surface area contributed by atoms with E-state index in [1.807, 2.05) is 19.1 Å². The molecule has 8 heteroatoms. The van der Waals surface area contributed by atoms with Gasteiger partial charge in [-0.3, -0.25) is 25.8 Å². The predicted octanol–water partition coefficient (Wildman–Crippen LogP) is 2.64. The molecule has 0 radical (unpaired) electrons. The van der Waals surface area contributed by atoms with E-state index in [1.54, 1.807) is 36.4 Å². The Bertz CT molecular complexity index is 798. The summed E-state index contributed by atoms with van der Waals surface area (Å²) in [6, 6.07) is 14.0. The molecular formula is C17H16IN3O3S. The van der Waals surface area contributed by atoms with E-state index in [9.17, 15) is 9.59 Å². The highest BCUT2D eigenvalue weighted by Crippen LogP contribution is 2.17. The minimum Gasteiger partial charge on any atom is -0.493 e. The van der Waals surface area contributed by atoms with Crippen LogP contribution in [0.1, 0.15) is 27.6 Å². The Kier molecular flexibility index (Phi) is 7.14. The lowest BCUT2D eigenvalue weighted by molar-refractivity contribution is 0.0933. The number of nitrogens with one attached hydrogen (secondary N) is 3. The Morgan fingerprint density at radius 2 is 1.64 bits per heavy atom. The zero-order valence-corrected chi connectivity index (χ0v) is 16.3. The molecule has 130 valence electrons. The van der Waals surface area contributed by atoms with Crippen LogP contribution in [0.25, 0.3) is 0 Å². The first-order chi connectivity index (χ1) is 12.0.